The van der Waals surface area contributed by atoms with Gasteiger partial charge in [0.25, 0.3) is 5.91 Å². The number of hydrogen-bond donors (Lipinski definition) is 1. The molecular formula is C14H17BrN2O2. The van der Waals surface area contributed by atoms with Gasteiger partial charge in [-0.25, -0.2) is 0 Å². The smallest absolute Gasteiger partial charge is 0.254 e. The Balaban J connectivity index is 2.36. The minimum atomic E-state index is -0.539. The van der Waals surface area contributed by atoms with Crippen molar-refractivity contribution < 1.29 is 9.59 Å². The predicted molar refractivity (Wildman–Crippen MR) is 78.5 cm³/mol. The second-order valence-electron chi connectivity index (χ2n) is 4.73. The van der Waals surface area contributed by atoms with E-state index in [0.717, 1.165) is 28.6 Å². The summed E-state index contributed by atoms with van der Waals surface area (Å²) in [6.45, 7) is 4.08. The summed E-state index contributed by atoms with van der Waals surface area (Å²) in [6, 6.07) is 5.38. The highest BCUT2D eigenvalue weighted by molar-refractivity contribution is 9.09. The van der Waals surface area contributed by atoms with Crippen LogP contribution in [0.15, 0.2) is 18.2 Å². The van der Waals surface area contributed by atoms with Gasteiger partial charge in [0.2, 0.25) is 5.91 Å². The quantitative estimate of drug-likeness (QED) is 0.864. The third kappa shape index (κ3) is 2.81. The molecule has 1 aromatic carbocycles. The van der Waals surface area contributed by atoms with Gasteiger partial charge in [0.05, 0.1) is 0 Å². The second kappa shape index (κ2) is 5.74. The third-order valence-electron chi connectivity index (χ3n) is 3.16. The van der Waals surface area contributed by atoms with Crippen LogP contribution in [0.5, 0.6) is 0 Å². The zero-order valence-corrected chi connectivity index (χ0v) is 12.7. The number of nitrogens with one attached hydrogen (secondary N) is 1. The number of anilines is 1. The van der Waals surface area contributed by atoms with Crippen molar-refractivity contribution in [2.24, 2.45) is 0 Å². The van der Waals surface area contributed by atoms with Crippen molar-refractivity contribution in [1.29, 1.82) is 0 Å². The first-order valence-corrected chi connectivity index (χ1v) is 7.41. The summed E-state index contributed by atoms with van der Waals surface area (Å²) < 4.78 is 0. The van der Waals surface area contributed by atoms with Gasteiger partial charge in [0.1, 0.15) is 6.04 Å². The van der Waals surface area contributed by atoms with E-state index in [2.05, 4.69) is 21.2 Å². The van der Waals surface area contributed by atoms with Crippen LogP contribution in [0.4, 0.5) is 5.69 Å². The van der Waals surface area contributed by atoms with Crippen molar-refractivity contribution in [2.45, 2.75) is 26.3 Å². The molecule has 0 radical (unpaired) electrons. The number of aryl methyl sites for hydroxylation is 1. The van der Waals surface area contributed by atoms with E-state index in [4.69, 9.17) is 0 Å². The van der Waals surface area contributed by atoms with Crippen molar-refractivity contribution in [3.63, 3.8) is 0 Å². The lowest BCUT2D eigenvalue weighted by molar-refractivity contribution is -0.126. The standard InChI is InChI=1S/C14H17BrN2O2/c1-9-4-5-12-11(8-9)13(16-10(2)18)14(19)17(12)7-3-6-15/h4-5,8,13H,3,6-7H2,1-2H3,(H,16,18). The lowest BCUT2D eigenvalue weighted by atomic mass is 10.1. The van der Waals surface area contributed by atoms with Gasteiger partial charge in [-0.1, -0.05) is 33.6 Å². The molecule has 1 N–H and O–H groups in total. The van der Waals surface area contributed by atoms with Gasteiger partial charge >= 0.3 is 0 Å². The van der Waals surface area contributed by atoms with Crippen LogP contribution in [0, 0.1) is 6.92 Å². The lowest BCUT2D eigenvalue weighted by Crippen LogP contribution is -2.37. The van der Waals surface area contributed by atoms with Gasteiger partial charge in [-0.3, -0.25) is 9.59 Å². The largest absolute Gasteiger partial charge is 0.341 e. The van der Waals surface area contributed by atoms with E-state index in [1.54, 1.807) is 4.90 Å². The molecule has 19 heavy (non-hydrogen) atoms. The number of carbonyl (C=O) groups excluding carboxylic acids is 2. The molecule has 5 heteroatoms. The Bertz CT molecular complexity index is 516. The topological polar surface area (TPSA) is 49.4 Å². The highest BCUT2D eigenvalue weighted by atomic mass is 79.9. The molecule has 0 fully saturated rings. The van der Waals surface area contributed by atoms with E-state index in [1.807, 2.05) is 25.1 Å². The van der Waals surface area contributed by atoms with Gasteiger partial charge in [-0.2, -0.15) is 0 Å². The first-order valence-electron chi connectivity index (χ1n) is 6.29. The molecule has 0 aliphatic carbocycles. The molecule has 0 aromatic heterocycles. The molecule has 2 amide bonds. The van der Waals surface area contributed by atoms with Gasteiger partial charge in [-0.05, 0) is 19.4 Å². The fourth-order valence-electron chi connectivity index (χ4n) is 2.35. The second-order valence-corrected chi connectivity index (χ2v) is 5.52. The molecule has 1 unspecified atom stereocenters. The normalized spacial score (nSPS) is 17.5. The summed E-state index contributed by atoms with van der Waals surface area (Å²) in [5.41, 5.74) is 2.90. The van der Waals surface area contributed by atoms with Gasteiger partial charge in [0.15, 0.2) is 0 Å². The number of carbonyl (C=O) groups is 2. The zero-order chi connectivity index (χ0) is 14.0. The molecular weight excluding hydrogens is 308 g/mol. The molecule has 102 valence electrons. The third-order valence-corrected chi connectivity index (χ3v) is 3.72. The van der Waals surface area contributed by atoms with E-state index in [0.29, 0.717) is 6.54 Å². The summed E-state index contributed by atoms with van der Waals surface area (Å²) in [7, 11) is 0. The molecule has 4 nitrogen and oxygen atoms in total. The average molecular weight is 325 g/mol. The maximum Gasteiger partial charge on any atom is 0.254 e. The van der Waals surface area contributed by atoms with Crippen LogP contribution < -0.4 is 10.2 Å². The fraction of sp³-hybridized carbons (Fsp3) is 0.429. The molecule has 1 atom stereocenters. The molecule has 0 spiro atoms. The van der Waals surface area contributed by atoms with Crippen molar-refractivity contribution in [3.05, 3.63) is 29.3 Å². The molecule has 1 aliphatic heterocycles. The van der Waals surface area contributed by atoms with Crippen molar-refractivity contribution >= 4 is 33.4 Å². The van der Waals surface area contributed by atoms with E-state index < -0.39 is 6.04 Å². The van der Waals surface area contributed by atoms with Crippen molar-refractivity contribution in [1.82, 2.24) is 5.32 Å². The van der Waals surface area contributed by atoms with E-state index >= 15 is 0 Å². The number of fused-ring (bicyclic) bond motifs is 1. The van der Waals surface area contributed by atoms with Gasteiger partial charge in [-0.15, -0.1) is 0 Å². The Morgan fingerprint density at radius 2 is 2.21 bits per heavy atom. The summed E-state index contributed by atoms with van der Waals surface area (Å²) in [4.78, 5) is 25.4. The van der Waals surface area contributed by atoms with Gasteiger partial charge in [0, 0.05) is 30.0 Å². The average Bonchev–Trinajstić information content (AvgIpc) is 2.60. The van der Waals surface area contributed by atoms with Crippen LogP contribution in [0.3, 0.4) is 0 Å². The molecule has 2 rings (SSSR count). The number of amides is 2. The minimum Gasteiger partial charge on any atom is -0.341 e. The molecule has 1 aromatic rings. The van der Waals surface area contributed by atoms with E-state index in [-0.39, 0.29) is 11.8 Å². The number of hydrogen-bond acceptors (Lipinski definition) is 2. The summed E-state index contributed by atoms with van der Waals surface area (Å²) in [5, 5.41) is 3.59. The van der Waals surface area contributed by atoms with Crippen LogP contribution in [0.1, 0.15) is 30.5 Å². The number of rotatable bonds is 4. The Hall–Kier alpha value is -1.36. The first kappa shape index (κ1) is 14.1. The lowest BCUT2D eigenvalue weighted by Gasteiger charge is -2.17. The van der Waals surface area contributed by atoms with E-state index in [1.165, 1.54) is 6.92 Å². The number of nitrogens with zero attached hydrogens (tertiary/aromatic N) is 1. The molecule has 0 bridgehead atoms. The SMILES string of the molecule is CC(=O)NC1C(=O)N(CCCBr)c2ccc(C)cc21. The minimum absolute atomic E-state index is 0.0447. The molecule has 0 saturated heterocycles. The number of alkyl halides is 1. The number of halogens is 1. The van der Waals surface area contributed by atoms with Crippen LogP contribution in [0.25, 0.3) is 0 Å². The van der Waals surface area contributed by atoms with Gasteiger partial charge < -0.3 is 10.2 Å². The van der Waals surface area contributed by atoms with Crippen LogP contribution >= 0.6 is 15.9 Å². The number of benzene rings is 1. The maximum atomic E-state index is 12.4. The highest BCUT2D eigenvalue weighted by Crippen LogP contribution is 2.36. The maximum absolute atomic E-state index is 12.4. The van der Waals surface area contributed by atoms with Crippen LogP contribution in [0.2, 0.25) is 0 Å². The summed E-state index contributed by atoms with van der Waals surface area (Å²) >= 11 is 3.38. The van der Waals surface area contributed by atoms with Crippen molar-refractivity contribution in [2.75, 3.05) is 16.8 Å². The summed E-state index contributed by atoms with van der Waals surface area (Å²) in [5.74, 6) is -0.232. The Kier molecular flexibility index (Phi) is 4.24. The van der Waals surface area contributed by atoms with Crippen LogP contribution in [-0.4, -0.2) is 23.7 Å². The van der Waals surface area contributed by atoms with Crippen LogP contribution in [-0.2, 0) is 9.59 Å². The Morgan fingerprint density at radius 3 is 2.84 bits per heavy atom. The highest BCUT2D eigenvalue weighted by Gasteiger charge is 2.37. The Labute approximate surface area is 121 Å². The first-order chi connectivity index (χ1) is 9.04. The fourth-order valence-corrected chi connectivity index (χ4v) is 2.60. The Morgan fingerprint density at radius 1 is 1.47 bits per heavy atom. The monoisotopic (exact) mass is 324 g/mol. The molecule has 0 saturated carbocycles. The molecule has 1 aliphatic rings. The van der Waals surface area contributed by atoms with Crippen molar-refractivity contribution in [3.8, 4) is 0 Å². The summed E-state index contributed by atoms with van der Waals surface area (Å²) in [6.07, 6.45) is 0.881. The van der Waals surface area contributed by atoms with E-state index in [9.17, 15) is 9.59 Å². The zero-order valence-electron chi connectivity index (χ0n) is 11.1. The molecule has 1 heterocycles. The predicted octanol–water partition coefficient (Wildman–Crippen LogP) is 2.30.